The molecule has 3 aromatic rings. The van der Waals surface area contributed by atoms with Crippen LogP contribution in [-0.2, 0) is 19.3 Å². The quantitative estimate of drug-likeness (QED) is 0.329. The van der Waals surface area contributed by atoms with Gasteiger partial charge in [-0.05, 0) is 72.7 Å². The van der Waals surface area contributed by atoms with Crippen LogP contribution >= 0.6 is 0 Å². The van der Waals surface area contributed by atoms with E-state index in [0.717, 1.165) is 49.3 Å². The fraction of sp³-hybridized carbons (Fsp3) is 0.370. The number of rotatable bonds is 11. The van der Waals surface area contributed by atoms with Crippen molar-refractivity contribution in [1.82, 2.24) is 4.98 Å². The highest BCUT2D eigenvalue weighted by Crippen LogP contribution is 2.21. The number of unbranched alkanes of at least 4 members (excludes halogenated alkanes) is 2. The molecule has 2 nitrogen and oxygen atoms in total. The van der Waals surface area contributed by atoms with Gasteiger partial charge in [0.05, 0.1) is 12.3 Å². The lowest BCUT2D eigenvalue weighted by molar-refractivity contribution is 0.306. The molecule has 0 unspecified atom stereocenters. The highest BCUT2D eigenvalue weighted by Gasteiger charge is 2.02. The first-order valence-electron chi connectivity index (χ1n) is 11.0. The zero-order chi connectivity index (χ0) is 20.3. The molecule has 152 valence electrons. The maximum atomic E-state index is 5.79. The summed E-state index contributed by atoms with van der Waals surface area (Å²) >= 11 is 0. The molecule has 3 rings (SSSR count). The van der Waals surface area contributed by atoms with E-state index in [2.05, 4.69) is 67.4 Å². The van der Waals surface area contributed by atoms with E-state index in [1.807, 2.05) is 18.3 Å². The van der Waals surface area contributed by atoms with Crippen molar-refractivity contribution < 1.29 is 4.74 Å². The van der Waals surface area contributed by atoms with Crippen LogP contribution in [-0.4, -0.2) is 11.6 Å². The molecule has 0 fully saturated rings. The summed E-state index contributed by atoms with van der Waals surface area (Å²) in [6, 6.07) is 21.6. The molecule has 0 aliphatic heterocycles. The lowest BCUT2D eigenvalue weighted by Crippen LogP contribution is -1.97. The Morgan fingerprint density at radius 2 is 1.31 bits per heavy atom. The Balaban J connectivity index is 1.51. The molecule has 0 N–H and O–H groups in total. The molecule has 0 bridgehead atoms. The third-order valence-corrected chi connectivity index (χ3v) is 5.26. The Bertz CT molecular complexity index is 835. The second-order valence-electron chi connectivity index (χ2n) is 7.70. The summed E-state index contributed by atoms with van der Waals surface area (Å²) in [7, 11) is 0. The van der Waals surface area contributed by atoms with Crippen molar-refractivity contribution in [3.63, 3.8) is 0 Å². The van der Waals surface area contributed by atoms with E-state index in [4.69, 9.17) is 4.74 Å². The number of pyridine rings is 1. The van der Waals surface area contributed by atoms with E-state index in [1.165, 1.54) is 36.0 Å². The maximum Gasteiger partial charge on any atom is 0.119 e. The molecule has 0 radical (unpaired) electrons. The summed E-state index contributed by atoms with van der Waals surface area (Å²) in [5.74, 6) is 0.937. The van der Waals surface area contributed by atoms with Crippen LogP contribution in [0.4, 0.5) is 0 Å². The highest BCUT2D eigenvalue weighted by atomic mass is 16.5. The third kappa shape index (κ3) is 6.74. The van der Waals surface area contributed by atoms with Crippen molar-refractivity contribution in [1.29, 1.82) is 0 Å². The van der Waals surface area contributed by atoms with Gasteiger partial charge < -0.3 is 4.74 Å². The van der Waals surface area contributed by atoms with Crippen LogP contribution in [0.2, 0.25) is 0 Å². The third-order valence-electron chi connectivity index (χ3n) is 5.26. The Kier molecular flexibility index (Phi) is 8.30. The van der Waals surface area contributed by atoms with Gasteiger partial charge in [0, 0.05) is 11.8 Å². The molecule has 0 aliphatic rings. The van der Waals surface area contributed by atoms with Crippen molar-refractivity contribution in [2.75, 3.05) is 6.61 Å². The van der Waals surface area contributed by atoms with Gasteiger partial charge in [0.25, 0.3) is 0 Å². The van der Waals surface area contributed by atoms with Crippen molar-refractivity contribution in [2.45, 2.75) is 58.8 Å². The largest absolute Gasteiger partial charge is 0.494 e. The van der Waals surface area contributed by atoms with Crippen LogP contribution in [0.15, 0.2) is 66.9 Å². The average molecular weight is 388 g/mol. The van der Waals surface area contributed by atoms with Gasteiger partial charge in [0.2, 0.25) is 0 Å². The van der Waals surface area contributed by atoms with Gasteiger partial charge >= 0.3 is 0 Å². The topological polar surface area (TPSA) is 22.1 Å². The number of nitrogens with zero attached hydrogens (tertiary/aromatic N) is 1. The normalized spacial score (nSPS) is 10.8. The lowest BCUT2D eigenvalue weighted by Gasteiger charge is -2.08. The molecule has 2 aromatic carbocycles. The summed E-state index contributed by atoms with van der Waals surface area (Å²) in [5, 5.41) is 0. The van der Waals surface area contributed by atoms with Gasteiger partial charge in [-0.3, -0.25) is 4.98 Å². The first kappa shape index (κ1) is 21.1. The van der Waals surface area contributed by atoms with Crippen molar-refractivity contribution in [3.05, 3.63) is 83.6 Å². The second kappa shape index (κ2) is 11.4. The monoisotopic (exact) mass is 387 g/mol. The van der Waals surface area contributed by atoms with E-state index >= 15 is 0 Å². The minimum atomic E-state index is 0.793. The van der Waals surface area contributed by atoms with Crippen molar-refractivity contribution in [3.8, 4) is 17.0 Å². The summed E-state index contributed by atoms with van der Waals surface area (Å²) in [4.78, 5) is 4.68. The fourth-order valence-corrected chi connectivity index (χ4v) is 3.46. The molecular formula is C27H33NO. The van der Waals surface area contributed by atoms with Gasteiger partial charge in [0.1, 0.15) is 5.75 Å². The minimum Gasteiger partial charge on any atom is -0.494 e. The van der Waals surface area contributed by atoms with E-state index in [0.29, 0.717) is 0 Å². The molecule has 0 saturated carbocycles. The van der Waals surface area contributed by atoms with Crippen LogP contribution in [0.3, 0.4) is 0 Å². The standard InChI is InChI=1S/C27H33NO/c1-3-5-6-20-29-26-17-15-25(16-18-26)27-19-14-24(21-28-27)13-12-23-10-8-22(7-4-2)9-11-23/h8-11,14-19,21H,3-7,12-13,20H2,1-2H3. The predicted molar refractivity (Wildman–Crippen MR) is 123 cm³/mol. The Hall–Kier alpha value is -2.61. The summed E-state index contributed by atoms with van der Waals surface area (Å²) in [6.45, 7) is 5.22. The Morgan fingerprint density at radius 3 is 1.93 bits per heavy atom. The maximum absolute atomic E-state index is 5.79. The number of benzene rings is 2. The molecule has 1 aromatic heterocycles. The van der Waals surface area contributed by atoms with Gasteiger partial charge in [0.15, 0.2) is 0 Å². The molecule has 0 atom stereocenters. The molecule has 0 amide bonds. The van der Waals surface area contributed by atoms with E-state index < -0.39 is 0 Å². The first-order chi connectivity index (χ1) is 14.3. The predicted octanol–water partition coefficient (Wildman–Crippen LogP) is 7.06. The summed E-state index contributed by atoms with van der Waals surface area (Å²) < 4.78 is 5.79. The van der Waals surface area contributed by atoms with E-state index in [9.17, 15) is 0 Å². The van der Waals surface area contributed by atoms with Crippen LogP contribution in [0, 0.1) is 0 Å². The SMILES string of the molecule is CCCCCOc1ccc(-c2ccc(CCc3ccc(CCC)cc3)cn2)cc1. The van der Waals surface area contributed by atoms with Crippen LogP contribution < -0.4 is 4.74 Å². The lowest BCUT2D eigenvalue weighted by atomic mass is 10.0. The zero-order valence-corrected chi connectivity index (χ0v) is 17.9. The number of aryl methyl sites for hydroxylation is 3. The smallest absolute Gasteiger partial charge is 0.119 e. The van der Waals surface area contributed by atoms with Crippen LogP contribution in [0.5, 0.6) is 5.75 Å². The minimum absolute atomic E-state index is 0.793. The Morgan fingerprint density at radius 1 is 0.655 bits per heavy atom. The van der Waals surface area contributed by atoms with Crippen LogP contribution in [0.1, 0.15) is 56.2 Å². The molecule has 29 heavy (non-hydrogen) atoms. The highest BCUT2D eigenvalue weighted by molar-refractivity contribution is 5.60. The van der Waals surface area contributed by atoms with Gasteiger partial charge in [-0.15, -0.1) is 0 Å². The second-order valence-corrected chi connectivity index (χ2v) is 7.70. The van der Waals surface area contributed by atoms with Gasteiger partial charge in [-0.25, -0.2) is 0 Å². The molecule has 0 aliphatic carbocycles. The fourth-order valence-electron chi connectivity index (χ4n) is 3.46. The van der Waals surface area contributed by atoms with Gasteiger partial charge in [-0.1, -0.05) is 63.4 Å². The number of hydrogen-bond donors (Lipinski definition) is 0. The zero-order valence-electron chi connectivity index (χ0n) is 17.9. The van der Waals surface area contributed by atoms with Crippen LogP contribution in [0.25, 0.3) is 11.3 Å². The summed E-state index contributed by atoms with van der Waals surface area (Å²) in [6.07, 6.45) is 10.00. The van der Waals surface area contributed by atoms with E-state index in [-0.39, 0.29) is 0 Å². The summed E-state index contributed by atoms with van der Waals surface area (Å²) in [5.41, 5.74) is 6.24. The van der Waals surface area contributed by atoms with Crippen molar-refractivity contribution in [2.24, 2.45) is 0 Å². The molecule has 2 heteroatoms. The number of ether oxygens (including phenoxy) is 1. The molecule has 1 heterocycles. The molecule has 0 spiro atoms. The van der Waals surface area contributed by atoms with Gasteiger partial charge in [-0.2, -0.15) is 0 Å². The van der Waals surface area contributed by atoms with Crippen molar-refractivity contribution >= 4 is 0 Å². The average Bonchev–Trinajstić information content (AvgIpc) is 2.77. The molecule has 0 saturated heterocycles. The number of hydrogen-bond acceptors (Lipinski definition) is 2. The first-order valence-corrected chi connectivity index (χ1v) is 11.0. The molecular weight excluding hydrogens is 354 g/mol. The van der Waals surface area contributed by atoms with E-state index in [1.54, 1.807) is 0 Å². The number of aromatic nitrogens is 1. The Labute approximate surface area is 176 Å².